The second kappa shape index (κ2) is 7.65. The molecule has 3 heteroatoms. The number of carbonyl (C=O) groups is 1. The molecule has 0 heterocycles. The minimum atomic E-state index is -1.01. The molecule has 0 bridgehead atoms. The molecule has 0 radical (unpaired) electrons. The standard InChI is InChI=1S/C22H36O3/c1-15-8-7-9-16(2)18-14-22(6,19(18)11-10-15)13-12-20(21(4,5)24)25-17(3)23/h8,18-20,24H,2,7,9-14H2,1,3-6H3/b15-8+/t18-,19-,20+,22-/m0/s1. The number of hydrogen-bond acceptors (Lipinski definition) is 3. The Kier molecular flexibility index (Phi) is 6.19. The zero-order chi connectivity index (χ0) is 18.8. The molecule has 2 rings (SSSR count). The molecule has 0 aromatic carbocycles. The smallest absolute Gasteiger partial charge is 0.303 e. The van der Waals surface area contributed by atoms with Crippen LogP contribution in [0.25, 0.3) is 0 Å². The van der Waals surface area contributed by atoms with Crippen LogP contribution in [-0.2, 0) is 9.53 Å². The van der Waals surface area contributed by atoms with Crippen molar-refractivity contribution in [2.24, 2.45) is 17.3 Å². The largest absolute Gasteiger partial charge is 0.460 e. The van der Waals surface area contributed by atoms with Crippen LogP contribution in [0.15, 0.2) is 23.8 Å². The average Bonchev–Trinajstić information content (AvgIpc) is 2.52. The summed E-state index contributed by atoms with van der Waals surface area (Å²) in [4.78, 5) is 11.4. The summed E-state index contributed by atoms with van der Waals surface area (Å²) in [6, 6.07) is 0. The molecule has 2 aliphatic rings. The Morgan fingerprint density at radius 2 is 2.16 bits per heavy atom. The minimum absolute atomic E-state index is 0.252. The summed E-state index contributed by atoms with van der Waals surface area (Å²) in [6.07, 6.45) is 9.41. The Labute approximate surface area is 153 Å². The highest BCUT2D eigenvalue weighted by molar-refractivity contribution is 5.66. The zero-order valence-corrected chi connectivity index (χ0v) is 16.7. The lowest BCUT2D eigenvalue weighted by Gasteiger charge is -2.55. The highest BCUT2D eigenvalue weighted by Gasteiger charge is 2.50. The highest BCUT2D eigenvalue weighted by atomic mass is 16.6. The molecule has 4 atom stereocenters. The predicted octanol–water partition coefficient (Wildman–Crippen LogP) is 5.19. The summed E-state index contributed by atoms with van der Waals surface area (Å²) >= 11 is 0. The van der Waals surface area contributed by atoms with Crippen molar-refractivity contribution in [3.63, 3.8) is 0 Å². The van der Waals surface area contributed by atoms with Gasteiger partial charge in [0.15, 0.2) is 0 Å². The monoisotopic (exact) mass is 348 g/mol. The fraction of sp³-hybridized carbons (Fsp3) is 0.773. The van der Waals surface area contributed by atoms with Crippen LogP contribution < -0.4 is 0 Å². The van der Waals surface area contributed by atoms with Gasteiger partial charge in [-0.25, -0.2) is 0 Å². The van der Waals surface area contributed by atoms with E-state index < -0.39 is 11.7 Å². The molecule has 1 saturated carbocycles. The molecule has 0 aliphatic heterocycles. The molecule has 0 unspecified atom stereocenters. The van der Waals surface area contributed by atoms with Crippen LogP contribution in [-0.4, -0.2) is 22.8 Å². The molecule has 2 aliphatic carbocycles. The van der Waals surface area contributed by atoms with Crippen molar-refractivity contribution in [3.8, 4) is 0 Å². The third-order valence-electron chi connectivity index (χ3n) is 6.47. The van der Waals surface area contributed by atoms with E-state index in [-0.39, 0.29) is 11.4 Å². The number of rotatable bonds is 5. The van der Waals surface area contributed by atoms with E-state index in [2.05, 4.69) is 26.5 Å². The normalized spacial score (nSPS) is 33.7. The van der Waals surface area contributed by atoms with Crippen LogP contribution in [0.1, 0.15) is 79.6 Å². The van der Waals surface area contributed by atoms with Gasteiger partial charge in [0.25, 0.3) is 0 Å². The maximum absolute atomic E-state index is 11.4. The van der Waals surface area contributed by atoms with E-state index in [4.69, 9.17) is 4.74 Å². The van der Waals surface area contributed by atoms with Gasteiger partial charge >= 0.3 is 5.97 Å². The number of fused-ring (bicyclic) bond motifs is 1. The predicted molar refractivity (Wildman–Crippen MR) is 102 cm³/mol. The Hall–Kier alpha value is -1.09. The van der Waals surface area contributed by atoms with Crippen LogP contribution in [0, 0.1) is 17.3 Å². The van der Waals surface area contributed by atoms with E-state index in [0.717, 1.165) is 19.3 Å². The molecule has 0 aromatic rings. The lowest BCUT2D eigenvalue weighted by molar-refractivity contribution is -0.162. The Balaban J connectivity index is 2.04. The van der Waals surface area contributed by atoms with Crippen molar-refractivity contribution in [2.45, 2.75) is 91.3 Å². The number of esters is 1. The van der Waals surface area contributed by atoms with E-state index >= 15 is 0 Å². The van der Waals surface area contributed by atoms with Gasteiger partial charge in [0.1, 0.15) is 6.10 Å². The van der Waals surface area contributed by atoms with Gasteiger partial charge in [0.2, 0.25) is 0 Å². The summed E-state index contributed by atoms with van der Waals surface area (Å²) in [7, 11) is 0. The van der Waals surface area contributed by atoms with Gasteiger partial charge in [0, 0.05) is 6.92 Å². The molecule has 142 valence electrons. The van der Waals surface area contributed by atoms with Gasteiger partial charge in [-0.05, 0) is 83.0 Å². The number of aliphatic hydroxyl groups is 1. The fourth-order valence-electron chi connectivity index (χ4n) is 4.78. The van der Waals surface area contributed by atoms with Gasteiger partial charge in [0.05, 0.1) is 5.60 Å². The van der Waals surface area contributed by atoms with E-state index in [9.17, 15) is 9.90 Å². The summed E-state index contributed by atoms with van der Waals surface area (Å²) < 4.78 is 5.40. The van der Waals surface area contributed by atoms with Crippen molar-refractivity contribution < 1.29 is 14.6 Å². The third-order valence-corrected chi connectivity index (χ3v) is 6.47. The Morgan fingerprint density at radius 3 is 2.76 bits per heavy atom. The molecular formula is C22H36O3. The van der Waals surface area contributed by atoms with Crippen molar-refractivity contribution in [1.29, 1.82) is 0 Å². The topological polar surface area (TPSA) is 46.5 Å². The van der Waals surface area contributed by atoms with E-state index in [1.165, 1.54) is 37.3 Å². The molecular weight excluding hydrogens is 312 g/mol. The second-order valence-electron chi connectivity index (χ2n) is 9.15. The number of allylic oxidation sites excluding steroid dienone is 3. The van der Waals surface area contributed by atoms with E-state index in [0.29, 0.717) is 18.3 Å². The fourth-order valence-corrected chi connectivity index (χ4v) is 4.78. The van der Waals surface area contributed by atoms with Crippen LogP contribution in [0.4, 0.5) is 0 Å². The molecule has 25 heavy (non-hydrogen) atoms. The van der Waals surface area contributed by atoms with Crippen LogP contribution in [0.5, 0.6) is 0 Å². The van der Waals surface area contributed by atoms with E-state index in [1.807, 2.05) is 0 Å². The average molecular weight is 349 g/mol. The van der Waals surface area contributed by atoms with Crippen molar-refractivity contribution in [3.05, 3.63) is 23.8 Å². The van der Waals surface area contributed by atoms with Crippen molar-refractivity contribution in [1.82, 2.24) is 0 Å². The van der Waals surface area contributed by atoms with Gasteiger partial charge in [-0.15, -0.1) is 0 Å². The van der Waals surface area contributed by atoms with Crippen LogP contribution >= 0.6 is 0 Å². The maximum Gasteiger partial charge on any atom is 0.303 e. The number of carbonyl (C=O) groups excluding carboxylic acids is 1. The minimum Gasteiger partial charge on any atom is -0.460 e. The summed E-state index contributed by atoms with van der Waals surface area (Å²) in [5.74, 6) is 0.972. The zero-order valence-electron chi connectivity index (χ0n) is 16.7. The lowest BCUT2D eigenvalue weighted by atomic mass is 9.49. The van der Waals surface area contributed by atoms with Crippen LogP contribution in [0.2, 0.25) is 0 Å². The number of hydrogen-bond donors (Lipinski definition) is 1. The first-order valence-electron chi connectivity index (χ1n) is 9.76. The van der Waals surface area contributed by atoms with Crippen molar-refractivity contribution >= 4 is 5.97 Å². The third kappa shape index (κ3) is 4.97. The summed E-state index contributed by atoms with van der Waals surface area (Å²) in [5, 5.41) is 10.3. The van der Waals surface area contributed by atoms with Gasteiger partial charge < -0.3 is 9.84 Å². The molecule has 0 aromatic heterocycles. The van der Waals surface area contributed by atoms with E-state index in [1.54, 1.807) is 13.8 Å². The lowest BCUT2D eigenvalue weighted by Crippen LogP contribution is -2.48. The van der Waals surface area contributed by atoms with Crippen LogP contribution in [0.3, 0.4) is 0 Å². The molecule has 0 saturated heterocycles. The highest BCUT2D eigenvalue weighted by Crippen LogP contribution is 2.59. The number of ether oxygens (including phenoxy) is 1. The second-order valence-corrected chi connectivity index (χ2v) is 9.15. The molecule has 0 amide bonds. The molecule has 3 nitrogen and oxygen atoms in total. The van der Waals surface area contributed by atoms with Crippen molar-refractivity contribution in [2.75, 3.05) is 0 Å². The first-order chi connectivity index (χ1) is 11.5. The first-order valence-corrected chi connectivity index (χ1v) is 9.76. The Bertz CT molecular complexity index is 540. The molecule has 1 fully saturated rings. The maximum atomic E-state index is 11.4. The van der Waals surface area contributed by atoms with Gasteiger partial charge in [-0.2, -0.15) is 0 Å². The summed E-state index contributed by atoms with van der Waals surface area (Å²) in [5.41, 5.74) is 2.15. The Morgan fingerprint density at radius 1 is 1.48 bits per heavy atom. The molecule has 1 N–H and O–H groups in total. The van der Waals surface area contributed by atoms with Gasteiger partial charge in [-0.1, -0.05) is 30.7 Å². The van der Waals surface area contributed by atoms with Gasteiger partial charge in [-0.3, -0.25) is 4.79 Å². The SMILES string of the molecule is C=C1CC/C=C(\C)CC[C@H]2[C@H]1C[C@]2(C)CC[C@@H](OC(C)=O)C(C)(C)O. The first kappa shape index (κ1) is 20.2. The molecule has 0 spiro atoms. The quantitative estimate of drug-likeness (QED) is 0.549. The summed E-state index contributed by atoms with van der Waals surface area (Å²) in [6.45, 7) is 13.8.